The van der Waals surface area contributed by atoms with Crippen LogP contribution in [0.2, 0.25) is 0 Å². The monoisotopic (exact) mass is 333 g/mol. The van der Waals surface area contributed by atoms with Gasteiger partial charge in [-0.25, -0.2) is 0 Å². The van der Waals surface area contributed by atoms with Crippen molar-refractivity contribution in [3.63, 3.8) is 0 Å². The Morgan fingerprint density at radius 2 is 1.00 bits per heavy atom. The molecule has 0 aromatic carbocycles. The first kappa shape index (κ1) is 21.3. The summed E-state index contributed by atoms with van der Waals surface area (Å²) in [5.41, 5.74) is -12.2. The molecule has 0 fully saturated rings. The second kappa shape index (κ2) is 6.20. The summed E-state index contributed by atoms with van der Waals surface area (Å²) in [5, 5.41) is 8.24. The van der Waals surface area contributed by atoms with E-state index in [2.05, 4.69) is 8.20 Å². The molecule has 0 heterocycles. The summed E-state index contributed by atoms with van der Waals surface area (Å²) in [7, 11) is -16.9. The largest absolute Gasteiger partial charge is 0.667 e. The molecule has 0 atom stereocenters. The fraction of sp³-hybridized carbons (Fsp3) is 1.00. The van der Waals surface area contributed by atoms with Gasteiger partial charge in [-0.1, -0.05) is 0 Å². The molecule has 0 bridgehead atoms. The van der Waals surface area contributed by atoms with Crippen molar-refractivity contribution in [2.45, 2.75) is 11.0 Å². The van der Waals surface area contributed by atoms with E-state index in [1.54, 1.807) is 0 Å². The summed E-state index contributed by atoms with van der Waals surface area (Å²) >= 11 is 0. The topological polar surface area (TPSA) is 107 Å². The molecule has 0 aromatic heterocycles. The maximum absolute atomic E-state index is 11.6. The Morgan fingerprint density at radius 1 is 0.789 bits per heavy atom. The third kappa shape index (κ3) is 5.89. The number of hydrogen-bond donors (Lipinski definition) is 1. The van der Waals surface area contributed by atoms with Crippen LogP contribution < -0.4 is 0 Å². The maximum Gasteiger partial charge on any atom is 0.667 e. The van der Waals surface area contributed by atoms with Gasteiger partial charge in [0.1, 0.15) is 0 Å². The molecule has 0 saturated heterocycles. The average molecular weight is 333 g/mol. The van der Waals surface area contributed by atoms with Gasteiger partial charge in [0.25, 0.3) is 0 Å². The van der Waals surface area contributed by atoms with Crippen LogP contribution in [0.5, 0.6) is 0 Å². The van der Waals surface area contributed by atoms with Crippen LogP contribution >= 0.6 is 0 Å². The molecule has 0 rings (SSSR count). The third-order valence-electron chi connectivity index (χ3n) is 0.985. The van der Waals surface area contributed by atoms with E-state index < -0.39 is 38.6 Å². The van der Waals surface area contributed by atoms with Crippen LogP contribution in [0.15, 0.2) is 0 Å². The van der Waals surface area contributed by atoms with Crippen molar-refractivity contribution >= 4 is 46.4 Å². The molecule has 0 amide bonds. The van der Waals surface area contributed by atoms with E-state index in [0.717, 1.165) is 0 Å². The Bertz CT molecular complexity index is 447. The molecule has 19 heavy (non-hydrogen) atoms. The van der Waals surface area contributed by atoms with E-state index in [9.17, 15) is 43.2 Å². The molecule has 1 N–H and O–H groups in total. The van der Waals surface area contributed by atoms with Gasteiger partial charge in [0.15, 0.2) is 0 Å². The van der Waals surface area contributed by atoms with Gasteiger partial charge in [-0.2, -0.15) is 43.2 Å². The number of rotatable bonds is 4. The van der Waals surface area contributed by atoms with E-state index in [1.165, 1.54) is 0 Å². The second-order valence-corrected chi connectivity index (χ2v) is 5.43. The van der Waals surface area contributed by atoms with Gasteiger partial charge in [0, 0.05) is 18.9 Å². The van der Waals surface area contributed by atoms with E-state index in [-0.39, 0.29) is 18.9 Å². The number of halogens is 6. The summed E-state index contributed by atoms with van der Waals surface area (Å²) < 4.78 is 115. The number of hydrogen-bond acceptors (Lipinski definition) is 7. The molecule has 0 aromatic rings. The Kier molecular flexibility index (Phi) is 6.96. The van der Waals surface area contributed by atoms with Gasteiger partial charge in [0.2, 0.25) is 0 Å². The fourth-order valence-corrected chi connectivity index (χ4v) is 1.12. The van der Waals surface area contributed by atoms with Crippen molar-refractivity contribution < 1.29 is 56.4 Å². The normalized spacial score (nSPS) is 13.8. The van der Waals surface area contributed by atoms with Gasteiger partial charge in [0.05, 0.1) is 0 Å². The molecule has 17 heteroatoms. The quantitative estimate of drug-likeness (QED) is 0.412. The second-order valence-electron chi connectivity index (χ2n) is 2.30. The third-order valence-corrected chi connectivity index (χ3v) is 2.95. The van der Waals surface area contributed by atoms with Crippen LogP contribution in [0.3, 0.4) is 0 Å². The van der Waals surface area contributed by atoms with Crippen LogP contribution in [-0.2, 0) is 28.4 Å². The van der Waals surface area contributed by atoms with Crippen molar-refractivity contribution in [3.8, 4) is 0 Å². The molecule has 0 saturated carbocycles. The molecular formula is C2HBF6LiO7S2. The first-order valence-corrected chi connectivity index (χ1v) is 6.09. The minimum absolute atomic E-state index is 0. The smallest absolute Gasteiger partial charge is 0.400 e. The molecular weight excluding hydrogens is 332 g/mol. The van der Waals surface area contributed by atoms with Crippen molar-refractivity contribution in [2.24, 2.45) is 0 Å². The van der Waals surface area contributed by atoms with Crippen LogP contribution in [-0.4, -0.2) is 59.1 Å². The molecule has 0 aliphatic carbocycles. The van der Waals surface area contributed by atoms with Crippen molar-refractivity contribution in [3.05, 3.63) is 0 Å². The summed E-state index contributed by atoms with van der Waals surface area (Å²) in [5.74, 6) is 0. The SMILES string of the molecule is O=S(=O)(OB(O)OS(=O)(=O)C(F)(F)F)C(F)(F)F.[Li]. The van der Waals surface area contributed by atoms with Crippen molar-refractivity contribution in [1.29, 1.82) is 0 Å². The average Bonchev–Trinajstić information content (AvgIpc) is 1.95. The molecule has 7 nitrogen and oxygen atoms in total. The van der Waals surface area contributed by atoms with Gasteiger partial charge in [-0.3, -0.25) is 8.20 Å². The summed E-state index contributed by atoms with van der Waals surface area (Å²) in [6.07, 6.45) is 0. The summed E-state index contributed by atoms with van der Waals surface area (Å²) in [6, 6.07) is 0. The molecule has 0 aliphatic heterocycles. The Morgan fingerprint density at radius 3 is 1.16 bits per heavy atom. The van der Waals surface area contributed by atoms with Gasteiger partial charge in [-0.15, -0.1) is 0 Å². The van der Waals surface area contributed by atoms with E-state index in [4.69, 9.17) is 5.02 Å². The molecule has 0 spiro atoms. The van der Waals surface area contributed by atoms with E-state index >= 15 is 0 Å². The molecule has 1 radical (unpaired) electrons. The number of alkyl halides is 6. The summed E-state index contributed by atoms with van der Waals surface area (Å²) in [6.45, 7) is 0. The zero-order valence-corrected chi connectivity index (χ0v) is 10.2. The van der Waals surface area contributed by atoms with Crippen LogP contribution in [0.1, 0.15) is 0 Å². The zero-order valence-electron chi connectivity index (χ0n) is 8.56. The van der Waals surface area contributed by atoms with Gasteiger partial charge in [-0.05, 0) is 0 Å². The first-order valence-electron chi connectivity index (χ1n) is 3.27. The minimum atomic E-state index is -6.52. The Balaban J connectivity index is 0. The molecule has 0 unspecified atom stereocenters. The van der Waals surface area contributed by atoms with Gasteiger partial charge < -0.3 is 5.02 Å². The standard InChI is InChI=1S/C2HBF6O7S2.Li/c4-1(5,6)17(11,12)15-3(10)16-18(13,14)2(7,8)9;/h10H;. The zero-order chi connectivity index (χ0) is 15.0. The van der Waals surface area contributed by atoms with Crippen LogP contribution in [0.25, 0.3) is 0 Å². The van der Waals surface area contributed by atoms with Crippen LogP contribution in [0, 0.1) is 0 Å². The minimum Gasteiger partial charge on any atom is -0.400 e. The van der Waals surface area contributed by atoms with E-state index in [0.29, 0.717) is 0 Å². The molecule has 109 valence electrons. The van der Waals surface area contributed by atoms with Crippen molar-refractivity contribution in [2.75, 3.05) is 0 Å². The van der Waals surface area contributed by atoms with Gasteiger partial charge >= 0.3 is 38.6 Å². The predicted octanol–water partition coefficient (Wildman–Crippen LogP) is -0.685. The Labute approximate surface area is 114 Å². The maximum atomic E-state index is 11.6. The van der Waals surface area contributed by atoms with Crippen LogP contribution in [0.4, 0.5) is 26.3 Å². The van der Waals surface area contributed by atoms with E-state index in [1.807, 2.05) is 0 Å². The first-order chi connectivity index (χ1) is 7.60. The Hall–Kier alpha value is 0.0223. The fourth-order valence-electron chi connectivity index (χ4n) is 0.342. The van der Waals surface area contributed by atoms with Crippen molar-refractivity contribution in [1.82, 2.24) is 0 Å². The molecule has 0 aliphatic rings. The summed E-state index contributed by atoms with van der Waals surface area (Å²) in [4.78, 5) is 0. The predicted molar refractivity (Wildman–Crippen MR) is 45.8 cm³/mol.